The molecule has 1 aromatic carbocycles. The fraction of sp³-hybridized carbons (Fsp3) is 0.500. The molecular weight excluding hydrogens is 508 g/mol. The summed E-state index contributed by atoms with van der Waals surface area (Å²) in [6, 6.07) is 5.37. The lowest BCUT2D eigenvalue weighted by molar-refractivity contribution is -0.271. The van der Waals surface area contributed by atoms with E-state index in [2.05, 4.69) is 5.32 Å². The number of esters is 4. The highest BCUT2D eigenvalue weighted by atomic mass is 16.7. The minimum atomic E-state index is -1.54. The molecule has 2 heterocycles. The van der Waals surface area contributed by atoms with Gasteiger partial charge in [0.15, 0.2) is 17.8 Å². The number of ether oxygens (including phenoxy) is 5. The zero-order chi connectivity index (χ0) is 28.0. The Morgan fingerprint density at radius 3 is 2.21 bits per heavy atom. The minimum Gasteiger partial charge on any atom is -0.463 e. The van der Waals surface area contributed by atoms with Gasteiger partial charge < -0.3 is 33.4 Å². The van der Waals surface area contributed by atoms with Crippen molar-refractivity contribution in [2.45, 2.75) is 71.3 Å². The summed E-state index contributed by atoms with van der Waals surface area (Å²) in [5, 5.41) is 2.50. The van der Waals surface area contributed by atoms with E-state index in [0.717, 1.165) is 20.8 Å². The molecule has 1 fully saturated rings. The third kappa shape index (κ3) is 7.18. The van der Waals surface area contributed by atoms with Crippen molar-refractivity contribution in [1.82, 2.24) is 9.88 Å². The fourth-order valence-corrected chi connectivity index (χ4v) is 4.01. The molecule has 0 saturated carbocycles. The highest BCUT2D eigenvalue weighted by Gasteiger charge is 2.52. The van der Waals surface area contributed by atoms with E-state index >= 15 is 0 Å². The summed E-state index contributed by atoms with van der Waals surface area (Å²) in [7, 11) is 0. The molecule has 14 heteroatoms. The van der Waals surface area contributed by atoms with Crippen LogP contribution in [0.1, 0.15) is 34.1 Å². The summed E-state index contributed by atoms with van der Waals surface area (Å²) in [6.07, 6.45) is -5.75. The third-order valence-electron chi connectivity index (χ3n) is 5.43. The smallest absolute Gasteiger partial charge is 0.419 e. The van der Waals surface area contributed by atoms with Crippen LogP contribution in [0.2, 0.25) is 0 Å². The van der Waals surface area contributed by atoms with E-state index < -0.39 is 72.8 Å². The number of carbonyl (C=O) groups is 5. The Hall–Kier alpha value is -4.20. The van der Waals surface area contributed by atoms with Crippen molar-refractivity contribution in [3.63, 3.8) is 0 Å². The summed E-state index contributed by atoms with van der Waals surface area (Å²) in [6.45, 7) is 3.99. The first-order valence-electron chi connectivity index (χ1n) is 11.6. The summed E-state index contributed by atoms with van der Waals surface area (Å²) in [5.41, 5.74) is 0.831. The van der Waals surface area contributed by atoms with Crippen LogP contribution in [0.25, 0.3) is 11.1 Å². The fourth-order valence-electron chi connectivity index (χ4n) is 4.01. The van der Waals surface area contributed by atoms with Gasteiger partial charge in [0.25, 0.3) is 0 Å². The predicted molar refractivity (Wildman–Crippen MR) is 125 cm³/mol. The maximum atomic E-state index is 12.8. The highest BCUT2D eigenvalue weighted by Crippen LogP contribution is 2.28. The number of nitrogens with one attached hydrogen (secondary N) is 1. The van der Waals surface area contributed by atoms with Crippen molar-refractivity contribution < 1.29 is 52.1 Å². The number of aryl methyl sites for hydroxylation is 1. The molecule has 0 spiro atoms. The van der Waals surface area contributed by atoms with Crippen molar-refractivity contribution in [2.75, 3.05) is 6.61 Å². The molecule has 5 atom stereocenters. The molecule has 1 aliphatic heterocycles. The Kier molecular flexibility index (Phi) is 9.23. The van der Waals surface area contributed by atoms with Crippen LogP contribution >= 0.6 is 0 Å². The first-order valence-corrected chi connectivity index (χ1v) is 11.6. The number of hydrogen-bond acceptors (Lipinski definition) is 12. The number of hydrogen-bond donors (Lipinski definition) is 1. The van der Waals surface area contributed by atoms with Crippen molar-refractivity contribution in [2.24, 2.45) is 0 Å². The summed E-state index contributed by atoms with van der Waals surface area (Å²) in [4.78, 5) is 72.1. The van der Waals surface area contributed by atoms with E-state index in [4.69, 9.17) is 28.1 Å². The van der Waals surface area contributed by atoms with E-state index in [1.54, 1.807) is 24.3 Å². The number of aromatic nitrogens is 1. The van der Waals surface area contributed by atoms with E-state index in [1.165, 1.54) is 11.5 Å². The summed E-state index contributed by atoms with van der Waals surface area (Å²) in [5.74, 6) is -4.31. The molecular formula is C24H28N2O12. The first-order chi connectivity index (χ1) is 18.0. The molecule has 2 aromatic rings. The van der Waals surface area contributed by atoms with Crippen LogP contribution in [0.4, 0.5) is 0 Å². The molecule has 3 rings (SSSR count). The van der Waals surface area contributed by atoms with Gasteiger partial charge in [-0.3, -0.25) is 28.5 Å². The van der Waals surface area contributed by atoms with Crippen LogP contribution < -0.4 is 11.1 Å². The molecule has 0 aliphatic carbocycles. The van der Waals surface area contributed by atoms with Gasteiger partial charge in [0, 0.05) is 34.2 Å². The first kappa shape index (κ1) is 28.4. The van der Waals surface area contributed by atoms with Crippen LogP contribution in [0, 0.1) is 0 Å². The Balaban J connectivity index is 1.85. The number of oxazole rings is 1. The second-order valence-corrected chi connectivity index (χ2v) is 8.45. The van der Waals surface area contributed by atoms with E-state index in [1.807, 2.05) is 0 Å². The minimum absolute atomic E-state index is 0.0907. The van der Waals surface area contributed by atoms with Gasteiger partial charge in [-0.05, 0) is 12.1 Å². The van der Waals surface area contributed by atoms with Crippen LogP contribution in [0.3, 0.4) is 0 Å². The monoisotopic (exact) mass is 536 g/mol. The van der Waals surface area contributed by atoms with Crippen LogP contribution in [0.5, 0.6) is 0 Å². The normalized spacial score (nSPS) is 22.8. The summed E-state index contributed by atoms with van der Waals surface area (Å²) < 4.78 is 33.3. The number of amides is 1. The number of rotatable bonds is 9. The van der Waals surface area contributed by atoms with Crippen LogP contribution in [-0.4, -0.2) is 71.6 Å². The predicted octanol–water partition coefficient (Wildman–Crippen LogP) is 0.184. The quantitative estimate of drug-likeness (QED) is 0.340. The van der Waals surface area contributed by atoms with Gasteiger partial charge in [-0.1, -0.05) is 12.1 Å². The molecule has 0 bridgehead atoms. The van der Waals surface area contributed by atoms with Gasteiger partial charge in [0.05, 0.1) is 11.9 Å². The Morgan fingerprint density at radius 1 is 0.921 bits per heavy atom. The van der Waals surface area contributed by atoms with Gasteiger partial charge in [-0.25, -0.2) is 4.79 Å². The molecule has 1 aliphatic rings. The lowest BCUT2D eigenvalue weighted by Gasteiger charge is -2.44. The zero-order valence-electron chi connectivity index (χ0n) is 21.2. The molecule has 206 valence electrons. The van der Waals surface area contributed by atoms with E-state index in [-0.39, 0.29) is 13.0 Å². The topological polar surface area (TPSA) is 179 Å². The van der Waals surface area contributed by atoms with E-state index in [0.29, 0.717) is 11.1 Å². The molecule has 14 nitrogen and oxygen atoms in total. The van der Waals surface area contributed by atoms with Gasteiger partial charge in [0.1, 0.15) is 18.8 Å². The Labute approximate surface area is 216 Å². The van der Waals surface area contributed by atoms with Crippen molar-refractivity contribution >= 4 is 40.9 Å². The van der Waals surface area contributed by atoms with Crippen LogP contribution in [-0.2, 0) is 54.2 Å². The standard InChI is InChI=1S/C24H28N2O12/c1-12(27)25-20-22(35-15(4)30)21(34-14(3)29)18(11-33-13(2)28)36-23(20)38-19(31)9-10-26-16-7-5-6-8-17(16)37-24(26)32/h5-8,18,20-23H,9-11H2,1-4H3,(H,25,27)/t18-,20+,21+,22-,23+/m1/s1. The van der Waals surface area contributed by atoms with Gasteiger partial charge in [-0.2, -0.15) is 0 Å². The largest absolute Gasteiger partial charge is 0.463 e. The average Bonchev–Trinajstić information content (AvgIpc) is 3.14. The maximum Gasteiger partial charge on any atom is 0.419 e. The van der Waals surface area contributed by atoms with Crippen molar-refractivity contribution in [3.05, 3.63) is 34.8 Å². The van der Waals surface area contributed by atoms with Gasteiger partial charge in [0.2, 0.25) is 12.2 Å². The highest BCUT2D eigenvalue weighted by molar-refractivity contribution is 5.75. The SMILES string of the molecule is CC(=O)N[C@@H]1[C@H](OC(=O)CCn2c(=O)oc3ccccc32)O[C@H](COC(C)=O)[C@H](OC(C)=O)[C@@H]1OC(C)=O. The summed E-state index contributed by atoms with van der Waals surface area (Å²) >= 11 is 0. The number of carbonyl (C=O) groups excluding carboxylic acids is 5. The second-order valence-electron chi connectivity index (χ2n) is 8.45. The van der Waals surface area contributed by atoms with E-state index in [9.17, 15) is 28.8 Å². The lowest BCUT2D eigenvalue weighted by atomic mass is 9.96. The lowest BCUT2D eigenvalue weighted by Crippen LogP contribution is -2.66. The Morgan fingerprint density at radius 2 is 1.58 bits per heavy atom. The number of nitrogens with zero attached hydrogens (tertiary/aromatic N) is 1. The van der Waals surface area contributed by atoms with Gasteiger partial charge in [-0.15, -0.1) is 0 Å². The number of benzene rings is 1. The zero-order valence-corrected chi connectivity index (χ0v) is 21.2. The van der Waals surface area contributed by atoms with Gasteiger partial charge >= 0.3 is 29.6 Å². The molecule has 1 aromatic heterocycles. The van der Waals surface area contributed by atoms with Crippen molar-refractivity contribution in [3.8, 4) is 0 Å². The van der Waals surface area contributed by atoms with Crippen LogP contribution in [0.15, 0.2) is 33.5 Å². The molecule has 38 heavy (non-hydrogen) atoms. The number of para-hydroxylation sites is 2. The molecule has 1 amide bonds. The second kappa shape index (κ2) is 12.4. The molecule has 1 N–H and O–H groups in total. The molecule has 1 saturated heterocycles. The third-order valence-corrected chi connectivity index (χ3v) is 5.43. The number of fused-ring (bicyclic) bond motifs is 1. The Bertz CT molecular complexity index is 1260. The van der Waals surface area contributed by atoms with Crippen molar-refractivity contribution in [1.29, 1.82) is 0 Å². The molecule has 0 radical (unpaired) electrons. The average molecular weight is 536 g/mol. The molecule has 0 unspecified atom stereocenters. The maximum absolute atomic E-state index is 12.8.